The van der Waals surface area contributed by atoms with E-state index in [9.17, 15) is 4.79 Å². The molecule has 0 bridgehead atoms. The van der Waals surface area contributed by atoms with Crippen molar-refractivity contribution in [1.82, 2.24) is 4.98 Å². The summed E-state index contributed by atoms with van der Waals surface area (Å²) in [5, 5.41) is 0.887. The minimum Gasteiger partial charge on any atom is -0.366 e. The zero-order valence-corrected chi connectivity index (χ0v) is 10.4. The second-order valence-electron chi connectivity index (χ2n) is 5.03. The summed E-state index contributed by atoms with van der Waals surface area (Å²) in [6.07, 6.45) is 3.15. The van der Waals surface area contributed by atoms with Crippen LogP contribution in [0.4, 0.5) is 0 Å². The number of carbonyl (C=O) groups is 1. The predicted octanol–water partition coefficient (Wildman–Crippen LogP) is 2.77. The molecule has 1 atom stereocenters. The lowest BCUT2D eigenvalue weighted by molar-refractivity contribution is 0.100. The molecule has 1 amide bonds. The third-order valence-corrected chi connectivity index (χ3v) is 3.80. The summed E-state index contributed by atoms with van der Waals surface area (Å²) >= 11 is 0. The quantitative estimate of drug-likeness (QED) is 0.833. The topological polar surface area (TPSA) is 56.0 Å². The summed E-state index contributed by atoms with van der Waals surface area (Å²) in [5.74, 6) is 0.0791. The van der Waals surface area contributed by atoms with Crippen LogP contribution in [0.1, 0.15) is 47.3 Å². The predicted molar refractivity (Wildman–Crippen MR) is 71.6 cm³/mol. The number of hydrogen-bond acceptors (Lipinski definition) is 2. The van der Waals surface area contributed by atoms with Gasteiger partial charge in [-0.05, 0) is 36.8 Å². The molecule has 0 spiro atoms. The monoisotopic (exact) mass is 240 g/mol. The summed E-state index contributed by atoms with van der Waals surface area (Å²) in [6, 6.07) is 7.75. The molecular formula is C15H16N2O. The van der Waals surface area contributed by atoms with Crippen molar-refractivity contribution >= 4 is 16.8 Å². The molecule has 18 heavy (non-hydrogen) atoms. The fraction of sp³-hybridized carbons (Fsp3) is 0.333. The van der Waals surface area contributed by atoms with Gasteiger partial charge in [0.2, 0.25) is 5.91 Å². The summed E-state index contributed by atoms with van der Waals surface area (Å²) in [4.78, 5) is 16.5. The van der Waals surface area contributed by atoms with Gasteiger partial charge in [-0.15, -0.1) is 0 Å². The molecule has 92 valence electrons. The highest BCUT2D eigenvalue weighted by molar-refractivity contribution is 6.07. The maximum Gasteiger partial charge on any atom is 0.249 e. The molecule has 3 rings (SSSR count). The van der Waals surface area contributed by atoms with Crippen LogP contribution in [0.25, 0.3) is 10.9 Å². The van der Waals surface area contributed by atoms with E-state index in [0.29, 0.717) is 11.5 Å². The van der Waals surface area contributed by atoms with Gasteiger partial charge in [-0.25, -0.2) is 0 Å². The fourth-order valence-corrected chi connectivity index (χ4v) is 2.93. The highest BCUT2D eigenvalue weighted by Gasteiger charge is 2.24. The van der Waals surface area contributed by atoms with Crippen LogP contribution < -0.4 is 5.73 Å². The van der Waals surface area contributed by atoms with Gasteiger partial charge < -0.3 is 5.73 Å². The van der Waals surface area contributed by atoms with E-state index in [0.717, 1.165) is 41.4 Å². The Morgan fingerprint density at radius 3 is 2.94 bits per heavy atom. The van der Waals surface area contributed by atoms with E-state index in [1.807, 2.05) is 24.3 Å². The summed E-state index contributed by atoms with van der Waals surface area (Å²) in [5.41, 5.74) is 9.27. The van der Waals surface area contributed by atoms with Crippen LogP contribution in [0.3, 0.4) is 0 Å². The summed E-state index contributed by atoms with van der Waals surface area (Å²) in [7, 11) is 0. The molecule has 1 heterocycles. The molecule has 1 aromatic carbocycles. The van der Waals surface area contributed by atoms with E-state index in [1.54, 1.807) is 0 Å². The average molecular weight is 240 g/mol. The maximum absolute atomic E-state index is 11.8. The number of nitrogens with two attached hydrogens (primary N) is 1. The number of aromatic nitrogens is 1. The largest absolute Gasteiger partial charge is 0.366 e. The molecule has 2 N–H and O–H groups in total. The number of nitrogens with zero attached hydrogens (tertiary/aromatic N) is 1. The van der Waals surface area contributed by atoms with Gasteiger partial charge in [0.1, 0.15) is 0 Å². The molecule has 0 radical (unpaired) electrons. The highest BCUT2D eigenvalue weighted by atomic mass is 16.1. The van der Waals surface area contributed by atoms with E-state index < -0.39 is 0 Å². The summed E-state index contributed by atoms with van der Waals surface area (Å²) < 4.78 is 0. The van der Waals surface area contributed by atoms with Crippen LogP contribution in [0.15, 0.2) is 24.3 Å². The molecule has 0 aliphatic heterocycles. The lowest BCUT2D eigenvalue weighted by Crippen LogP contribution is -2.20. The SMILES string of the molecule is CC1CCCc2c1nc1ccccc1c2C(N)=O. The van der Waals surface area contributed by atoms with Crippen molar-refractivity contribution in [1.29, 1.82) is 0 Å². The minimum absolute atomic E-state index is 0.334. The molecule has 1 aliphatic carbocycles. The van der Waals surface area contributed by atoms with Crippen LogP contribution in [0.2, 0.25) is 0 Å². The van der Waals surface area contributed by atoms with Gasteiger partial charge in [0.25, 0.3) is 0 Å². The van der Waals surface area contributed by atoms with Gasteiger partial charge in [-0.2, -0.15) is 0 Å². The Balaban J connectivity index is 2.41. The molecular weight excluding hydrogens is 224 g/mol. The standard InChI is InChI=1S/C15H16N2O/c1-9-5-4-7-11-13(15(16)18)10-6-2-3-8-12(10)17-14(9)11/h2-3,6,8-9H,4-5,7H2,1H3,(H2,16,18). The fourth-order valence-electron chi connectivity index (χ4n) is 2.93. The number of rotatable bonds is 1. The first-order chi connectivity index (χ1) is 8.68. The molecule has 1 unspecified atom stereocenters. The Morgan fingerprint density at radius 1 is 1.39 bits per heavy atom. The van der Waals surface area contributed by atoms with Gasteiger partial charge in [0, 0.05) is 11.1 Å². The van der Waals surface area contributed by atoms with Crippen molar-refractivity contribution in [3.05, 3.63) is 41.1 Å². The molecule has 0 fully saturated rings. The first-order valence-corrected chi connectivity index (χ1v) is 6.40. The van der Waals surface area contributed by atoms with Crippen LogP contribution >= 0.6 is 0 Å². The third-order valence-electron chi connectivity index (χ3n) is 3.80. The summed E-state index contributed by atoms with van der Waals surface area (Å²) in [6.45, 7) is 2.17. The van der Waals surface area contributed by atoms with Crippen LogP contribution in [-0.4, -0.2) is 10.9 Å². The second-order valence-corrected chi connectivity index (χ2v) is 5.03. The zero-order chi connectivity index (χ0) is 12.7. The van der Waals surface area contributed by atoms with E-state index >= 15 is 0 Å². The van der Waals surface area contributed by atoms with E-state index in [4.69, 9.17) is 10.7 Å². The van der Waals surface area contributed by atoms with Crippen LogP contribution in [-0.2, 0) is 6.42 Å². The van der Waals surface area contributed by atoms with Gasteiger partial charge in [0.05, 0.1) is 11.1 Å². The Morgan fingerprint density at radius 2 is 2.17 bits per heavy atom. The lowest BCUT2D eigenvalue weighted by atomic mass is 9.84. The van der Waals surface area contributed by atoms with Crippen molar-refractivity contribution in [2.45, 2.75) is 32.1 Å². The lowest BCUT2D eigenvalue weighted by Gasteiger charge is -2.24. The number of amides is 1. The van der Waals surface area contributed by atoms with Crippen molar-refractivity contribution in [3.8, 4) is 0 Å². The Bertz CT molecular complexity index is 634. The van der Waals surface area contributed by atoms with Crippen molar-refractivity contribution in [2.24, 2.45) is 5.73 Å². The average Bonchev–Trinajstić information content (AvgIpc) is 2.36. The smallest absolute Gasteiger partial charge is 0.249 e. The molecule has 3 nitrogen and oxygen atoms in total. The molecule has 2 aromatic rings. The highest BCUT2D eigenvalue weighted by Crippen LogP contribution is 2.34. The van der Waals surface area contributed by atoms with E-state index in [1.165, 1.54) is 0 Å². The molecule has 0 saturated carbocycles. The number of primary amides is 1. The Kier molecular flexibility index (Phi) is 2.54. The number of fused-ring (bicyclic) bond motifs is 2. The van der Waals surface area contributed by atoms with Crippen molar-refractivity contribution in [2.75, 3.05) is 0 Å². The van der Waals surface area contributed by atoms with E-state index in [2.05, 4.69) is 6.92 Å². The molecule has 0 saturated heterocycles. The Hall–Kier alpha value is -1.90. The number of carbonyl (C=O) groups excluding carboxylic acids is 1. The third kappa shape index (κ3) is 1.58. The number of para-hydroxylation sites is 1. The molecule has 3 heteroatoms. The zero-order valence-electron chi connectivity index (χ0n) is 10.4. The first-order valence-electron chi connectivity index (χ1n) is 6.40. The number of benzene rings is 1. The normalized spacial score (nSPS) is 18.6. The molecule has 1 aliphatic rings. The van der Waals surface area contributed by atoms with Crippen LogP contribution in [0, 0.1) is 0 Å². The maximum atomic E-state index is 11.8. The van der Waals surface area contributed by atoms with Gasteiger partial charge in [-0.1, -0.05) is 25.1 Å². The minimum atomic E-state index is -0.334. The molecule has 1 aromatic heterocycles. The van der Waals surface area contributed by atoms with Gasteiger partial charge in [-0.3, -0.25) is 9.78 Å². The second kappa shape index (κ2) is 4.09. The van der Waals surface area contributed by atoms with E-state index in [-0.39, 0.29) is 5.91 Å². The van der Waals surface area contributed by atoms with Crippen molar-refractivity contribution in [3.63, 3.8) is 0 Å². The van der Waals surface area contributed by atoms with Crippen molar-refractivity contribution < 1.29 is 4.79 Å². The number of pyridine rings is 1. The first kappa shape index (κ1) is 11.2. The van der Waals surface area contributed by atoms with Gasteiger partial charge >= 0.3 is 0 Å². The Labute approximate surface area is 106 Å². The van der Waals surface area contributed by atoms with Crippen LogP contribution in [0.5, 0.6) is 0 Å². The number of hydrogen-bond donors (Lipinski definition) is 1. The van der Waals surface area contributed by atoms with Gasteiger partial charge in [0.15, 0.2) is 0 Å².